The van der Waals surface area contributed by atoms with Crippen molar-refractivity contribution in [3.8, 4) is 5.75 Å². The number of rotatable bonds is 7. The quantitative estimate of drug-likeness (QED) is 0.156. The van der Waals surface area contributed by atoms with Crippen molar-refractivity contribution in [1.29, 1.82) is 0 Å². The summed E-state index contributed by atoms with van der Waals surface area (Å²) in [6.45, 7) is 2.50. The van der Waals surface area contributed by atoms with Crippen LogP contribution < -0.4 is 10.5 Å². The molecule has 37 heavy (non-hydrogen) atoms. The van der Waals surface area contributed by atoms with Crippen molar-refractivity contribution in [2.45, 2.75) is 44.2 Å². The van der Waals surface area contributed by atoms with Gasteiger partial charge in [0.05, 0.1) is 0 Å². The monoisotopic (exact) mass is 626 g/mol. The molecule has 4 rings (SSSR count). The van der Waals surface area contributed by atoms with Crippen LogP contribution >= 0.6 is 19.8 Å². The molecule has 10 heteroatoms. The van der Waals surface area contributed by atoms with Crippen LogP contribution in [-0.4, -0.2) is 79.9 Å². The van der Waals surface area contributed by atoms with Crippen LogP contribution in [0.4, 0.5) is 0 Å². The third-order valence-electron chi connectivity index (χ3n) is 7.69. The van der Waals surface area contributed by atoms with Crippen LogP contribution in [0.15, 0.2) is 29.0 Å². The van der Waals surface area contributed by atoms with E-state index in [1.807, 2.05) is 19.1 Å². The molecule has 1 aromatic rings. The number of amides is 1. The van der Waals surface area contributed by atoms with Crippen LogP contribution in [0.2, 0.25) is 0 Å². The number of carbonyl (C=O) groups excluding carboxylic acids is 3. The molecule has 0 radical (unpaired) electrons. The Kier molecular flexibility index (Phi) is 7.48. The van der Waals surface area contributed by atoms with Gasteiger partial charge in [-0.3, -0.25) is 0 Å². The number of nitrogens with zero attached hydrogens (tertiary/aromatic N) is 1. The molecular formula is C27H35IN2O7. The Morgan fingerprint density at radius 2 is 1.92 bits per heavy atom. The number of alkyl halides is 2. The van der Waals surface area contributed by atoms with Crippen LogP contribution in [0, 0.1) is 15.4 Å². The fraction of sp³-hybridized carbons (Fsp3) is 0.519. The summed E-state index contributed by atoms with van der Waals surface area (Å²) in [5.74, 6) is -5.22. The van der Waals surface area contributed by atoms with Crippen molar-refractivity contribution in [2.75, 3.05) is 30.6 Å². The summed E-state index contributed by atoms with van der Waals surface area (Å²) in [6.07, 6.45) is 2.34. The Balaban J connectivity index is 1.95. The molecule has 0 aliphatic heterocycles. The van der Waals surface area contributed by atoms with Crippen LogP contribution in [-0.2, 0) is 20.8 Å². The summed E-state index contributed by atoms with van der Waals surface area (Å²) >= 11 is -1.53. The number of benzene rings is 1. The van der Waals surface area contributed by atoms with Gasteiger partial charge in [-0.1, -0.05) is 0 Å². The average Bonchev–Trinajstić information content (AvgIpc) is 2.81. The standard InChI is InChI=1S/C27H35IN2O7/c1-6-7-10-37-17-9-8-16(28(2)3)14-11-13-12-15-21(30(4)5)23(32)20(26(29)35)25(34)27(15,36)24(33)18(13)22(31)19(14)17/h8-9,13,15,21,31,34,36H,6-7,10-12H2,1-5H3,(H2,29,35)/t13?,15?,21?,27-/m0/s1. The summed E-state index contributed by atoms with van der Waals surface area (Å²) in [5.41, 5.74) is 3.42. The number of aliphatic hydroxyl groups excluding tert-OH is 2. The first-order valence-corrected chi connectivity index (χ1v) is 17.7. The van der Waals surface area contributed by atoms with E-state index in [2.05, 4.69) is 9.86 Å². The number of carbonyl (C=O) groups is 3. The molecule has 0 aromatic heterocycles. The fourth-order valence-electron chi connectivity index (χ4n) is 5.99. The first kappa shape index (κ1) is 27.6. The molecule has 9 nitrogen and oxygen atoms in total. The maximum atomic E-state index is 14.0. The molecule has 1 saturated carbocycles. The van der Waals surface area contributed by atoms with Gasteiger partial charge in [-0.15, -0.1) is 0 Å². The van der Waals surface area contributed by atoms with Crippen LogP contribution in [0.3, 0.4) is 0 Å². The molecular weight excluding hydrogens is 591 g/mol. The van der Waals surface area contributed by atoms with E-state index >= 15 is 0 Å². The number of hydrogen-bond donors (Lipinski definition) is 4. The molecule has 0 spiro atoms. The second-order valence-corrected chi connectivity index (χ2v) is 15.8. The molecule has 1 aromatic carbocycles. The third-order valence-corrected chi connectivity index (χ3v) is 11.0. The van der Waals surface area contributed by atoms with Crippen molar-refractivity contribution in [3.05, 3.63) is 43.7 Å². The van der Waals surface area contributed by atoms with Gasteiger partial charge in [0.25, 0.3) is 0 Å². The van der Waals surface area contributed by atoms with Gasteiger partial charge in [0.2, 0.25) is 0 Å². The molecule has 3 aliphatic rings. The molecule has 4 atom stereocenters. The summed E-state index contributed by atoms with van der Waals surface area (Å²) in [4.78, 5) is 45.3. The number of Topliss-reactive ketones (excluding diaryl/α,β-unsaturated/α-hetero) is 2. The summed E-state index contributed by atoms with van der Waals surface area (Å²) in [7, 11) is 3.22. The van der Waals surface area contributed by atoms with Crippen LogP contribution in [0.1, 0.15) is 37.3 Å². The minimum atomic E-state index is -2.57. The van der Waals surface area contributed by atoms with E-state index in [0.29, 0.717) is 24.3 Å². The van der Waals surface area contributed by atoms with Crippen molar-refractivity contribution in [3.63, 3.8) is 0 Å². The second-order valence-electron chi connectivity index (χ2n) is 10.3. The number of aliphatic hydroxyl groups is 3. The third kappa shape index (κ3) is 4.17. The molecule has 0 bridgehead atoms. The predicted molar refractivity (Wildman–Crippen MR) is 148 cm³/mol. The normalized spacial score (nSPS) is 27.6. The van der Waals surface area contributed by atoms with E-state index < -0.39 is 72.1 Å². The van der Waals surface area contributed by atoms with Gasteiger partial charge >= 0.3 is 224 Å². The number of halogens is 1. The van der Waals surface area contributed by atoms with E-state index in [9.17, 15) is 29.7 Å². The molecule has 202 valence electrons. The zero-order chi connectivity index (χ0) is 27.4. The molecule has 3 unspecified atom stereocenters. The Morgan fingerprint density at radius 3 is 2.49 bits per heavy atom. The molecule has 1 fully saturated rings. The Labute approximate surface area is 223 Å². The van der Waals surface area contributed by atoms with E-state index in [-0.39, 0.29) is 17.8 Å². The van der Waals surface area contributed by atoms with Crippen molar-refractivity contribution < 1.29 is 34.4 Å². The number of primary amides is 1. The SMILES string of the molecule is CCCCOc1ccc(I(C)C)c2c1C(O)=C1C(=O)[C@]3(O)C(O)=C(C(N)=O)C(=O)C(N(C)C)C3CC1C2. The summed E-state index contributed by atoms with van der Waals surface area (Å²) in [6, 6.07) is 2.82. The van der Waals surface area contributed by atoms with Gasteiger partial charge < -0.3 is 0 Å². The molecule has 0 heterocycles. The van der Waals surface area contributed by atoms with E-state index in [0.717, 1.165) is 18.4 Å². The van der Waals surface area contributed by atoms with Crippen LogP contribution in [0.5, 0.6) is 5.75 Å². The molecule has 3 aliphatic carbocycles. The number of nitrogens with two attached hydrogens (primary N) is 1. The summed E-state index contributed by atoms with van der Waals surface area (Å²) in [5, 5.41) is 34.3. The van der Waals surface area contributed by atoms with Crippen molar-refractivity contribution >= 4 is 43.1 Å². The first-order chi connectivity index (χ1) is 17.4. The maximum absolute atomic E-state index is 14.0. The number of likely N-dealkylation sites (N-methyl/N-ethyl adjacent to an activating group) is 1. The van der Waals surface area contributed by atoms with E-state index in [1.165, 1.54) is 8.47 Å². The summed E-state index contributed by atoms with van der Waals surface area (Å²) < 4.78 is 7.18. The van der Waals surface area contributed by atoms with Crippen molar-refractivity contribution in [2.24, 2.45) is 17.6 Å². The predicted octanol–water partition coefficient (Wildman–Crippen LogP) is 2.37. The Bertz CT molecular complexity index is 1240. The number of hydrogen-bond acceptors (Lipinski definition) is 8. The molecule has 1 amide bonds. The van der Waals surface area contributed by atoms with Gasteiger partial charge in [0.15, 0.2) is 0 Å². The number of ketones is 2. The van der Waals surface area contributed by atoms with E-state index in [4.69, 9.17) is 10.5 Å². The molecule has 0 saturated heterocycles. The Morgan fingerprint density at radius 1 is 1.24 bits per heavy atom. The van der Waals surface area contributed by atoms with Gasteiger partial charge in [-0.05, 0) is 0 Å². The number of unbranched alkanes of at least 4 members (excludes halogenated alkanes) is 1. The molecule has 5 N–H and O–H groups in total. The zero-order valence-electron chi connectivity index (χ0n) is 21.8. The average molecular weight is 626 g/mol. The Hall–Kier alpha value is -2.44. The van der Waals surface area contributed by atoms with Crippen LogP contribution in [0.25, 0.3) is 5.76 Å². The first-order valence-electron chi connectivity index (χ1n) is 12.3. The number of fused-ring (bicyclic) bond motifs is 3. The second kappa shape index (κ2) is 10.0. The van der Waals surface area contributed by atoms with E-state index in [1.54, 1.807) is 14.1 Å². The van der Waals surface area contributed by atoms with Gasteiger partial charge in [0, 0.05) is 0 Å². The van der Waals surface area contributed by atoms with Gasteiger partial charge in [-0.25, -0.2) is 0 Å². The van der Waals surface area contributed by atoms with Gasteiger partial charge in [-0.2, -0.15) is 0 Å². The fourth-order valence-corrected chi connectivity index (χ4v) is 8.68. The topological polar surface area (TPSA) is 150 Å². The van der Waals surface area contributed by atoms with Crippen molar-refractivity contribution in [1.82, 2.24) is 4.90 Å². The zero-order valence-corrected chi connectivity index (χ0v) is 24.0. The minimum absolute atomic E-state index is 0.0153. The number of ether oxygens (including phenoxy) is 1. The van der Waals surface area contributed by atoms with Gasteiger partial charge in [0.1, 0.15) is 0 Å².